The number of piperazine rings is 1. The van der Waals surface area contributed by atoms with Crippen LogP contribution in [0, 0.1) is 11.8 Å². The number of halogens is 3. The highest BCUT2D eigenvalue weighted by Gasteiger charge is 2.50. The van der Waals surface area contributed by atoms with E-state index in [0.29, 0.717) is 52.5 Å². The van der Waals surface area contributed by atoms with Crippen LogP contribution in [0.5, 0.6) is 0 Å². The van der Waals surface area contributed by atoms with Gasteiger partial charge in [0.15, 0.2) is 12.0 Å². The predicted octanol–water partition coefficient (Wildman–Crippen LogP) is -0.524. The number of hydroxylamine groups is 1. The van der Waals surface area contributed by atoms with Gasteiger partial charge < -0.3 is 24.7 Å². The molecule has 2 fully saturated rings. The van der Waals surface area contributed by atoms with E-state index < -0.39 is 24.0 Å². The third-order valence-corrected chi connectivity index (χ3v) is 5.82. The SMILES string of the molecule is CC#CCN1c2c(nc(N3CCOCC3)n(C)c2=O)N(OC(=O)C(F)(F)F)C1N1CCNCC1. The van der Waals surface area contributed by atoms with Gasteiger partial charge in [0.1, 0.15) is 0 Å². The lowest BCUT2D eigenvalue weighted by molar-refractivity contribution is -0.203. The van der Waals surface area contributed by atoms with Gasteiger partial charge in [-0.3, -0.25) is 14.3 Å². The zero-order valence-corrected chi connectivity index (χ0v) is 18.9. The lowest BCUT2D eigenvalue weighted by atomic mass is 10.3. The van der Waals surface area contributed by atoms with E-state index >= 15 is 0 Å². The van der Waals surface area contributed by atoms with Gasteiger partial charge in [-0.1, -0.05) is 5.92 Å². The van der Waals surface area contributed by atoms with E-state index in [2.05, 4.69) is 22.1 Å². The Kier molecular flexibility index (Phi) is 6.87. The fraction of sp³-hybridized carbons (Fsp3) is 0.650. The molecule has 186 valence electrons. The Morgan fingerprint density at radius 3 is 2.53 bits per heavy atom. The van der Waals surface area contributed by atoms with E-state index in [0.717, 1.165) is 5.06 Å². The van der Waals surface area contributed by atoms with Crippen LogP contribution in [0.1, 0.15) is 6.92 Å². The van der Waals surface area contributed by atoms with Gasteiger partial charge in [0.25, 0.3) is 5.56 Å². The maximum absolute atomic E-state index is 13.5. The molecule has 1 aromatic heterocycles. The molecular formula is C20H26F3N7O4. The minimum Gasteiger partial charge on any atom is -0.378 e. The Hall–Kier alpha value is -3.02. The number of hydrogen-bond acceptors (Lipinski definition) is 10. The average Bonchev–Trinajstić information content (AvgIpc) is 3.13. The summed E-state index contributed by atoms with van der Waals surface area (Å²) in [5.74, 6) is 3.33. The Morgan fingerprint density at radius 2 is 1.91 bits per heavy atom. The molecule has 1 unspecified atom stereocenters. The first kappa shape index (κ1) is 24.1. The van der Waals surface area contributed by atoms with Crippen molar-refractivity contribution >= 4 is 23.4 Å². The van der Waals surface area contributed by atoms with Crippen molar-refractivity contribution in [1.82, 2.24) is 19.8 Å². The second kappa shape index (κ2) is 9.69. The molecule has 0 spiro atoms. The van der Waals surface area contributed by atoms with Crippen molar-refractivity contribution in [2.24, 2.45) is 7.05 Å². The predicted molar refractivity (Wildman–Crippen MR) is 116 cm³/mol. The van der Waals surface area contributed by atoms with E-state index in [1.54, 1.807) is 18.9 Å². The quantitative estimate of drug-likeness (QED) is 0.562. The fourth-order valence-electron chi connectivity index (χ4n) is 4.19. The Labute approximate surface area is 193 Å². The Balaban J connectivity index is 1.85. The Morgan fingerprint density at radius 1 is 1.24 bits per heavy atom. The topological polar surface area (TPSA) is 95.4 Å². The number of nitrogens with one attached hydrogen (secondary N) is 1. The molecule has 1 N–H and O–H groups in total. The Bertz CT molecular complexity index is 1040. The number of hydrogen-bond donors (Lipinski definition) is 1. The van der Waals surface area contributed by atoms with Crippen LogP contribution in [0.4, 0.5) is 30.6 Å². The first-order valence-electron chi connectivity index (χ1n) is 10.9. The second-order valence-electron chi connectivity index (χ2n) is 7.94. The zero-order chi connectivity index (χ0) is 24.5. The number of aromatic nitrogens is 2. The minimum atomic E-state index is -5.22. The summed E-state index contributed by atoms with van der Waals surface area (Å²) < 4.78 is 46.3. The van der Waals surface area contributed by atoms with Crippen LogP contribution >= 0.6 is 0 Å². The summed E-state index contributed by atoms with van der Waals surface area (Å²) in [5.41, 5.74) is -0.448. The summed E-state index contributed by atoms with van der Waals surface area (Å²) in [5, 5.41) is 3.98. The molecule has 3 aliphatic heterocycles. The lowest BCUT2D eigenvalue weighted by Gasteiger charge is -2.40. The van der Waals surface area contributed by atoms with Crippen molar-refractivity contribution in [2.75, 3.05) is 73.9 Å². The number of nitrogens with zero attached hydrogens (tertiary/aromatic N) is 6. The number of anilines is 3. The van der Waals surface area contributed by atoms with E-state index in [1.165, 1.54) is 4.57 Å². The van der Waals surface area contributed by atoms with Gasteiger partial charge >= 0.3 is 12.1 Å². The number of morpholine rings is 1. The fourth-order valence-corrected chi connectivity index (χ4v) is 4.19. The highest BCUT2D eigenvalue weighted by atomic mass is 19.4. The van der Waals surface area contributed by atoms with Gasteiger partial charge in [-0.25, -0.2) is 4.79 Å². The molecule has 34 heavy (non-hydrogen) atoms. The van der Waals surface area contributed by atoms with Crippen LogP contribution in [0.25, 0.3) is 0 Å². The molecule has 4 rings (SSSR count). The smallest absolute Gasteiger partial charge is 0.378 e. The third-order valence-electron chi connectivity index (χ3n) is 5.82. The van der Waals surface area contributed by atoms with Crippen LogP contribution in [-0.4, -0.2) is 91.9 Å². The number of fused-ring (bicyclic) bond motifs is 1. The maximum atomic E-state index is 13.5. The maximum Gasteiger partial charge on any atom is 0.493 e. The molecule has 2 saturated heterocycles. The van der Waals surface area contributed by atoms with Crippen molar-refractivity contribution in [3.05, 3.63) is 10.4 Å². The van der Waals surface area contributed by atoms with Gasteiger partial charge in [0, 0.05) is 46.3 Å². The van der Waals surface area contributed by atoms with Gasteiger partial charge in [0.2, 0.25) is 11.8 Å². The molecule has 4 heterocycles. The summed E-state index contributed by atoms with van der Waals surface area (Å²) in [6, 6.07) is 0. The molecule has 11 nitrogen and oxygen atoms in total. The molecule has 0 aliphatic carbocycles. The minimum absolute atomic E-state index is 0.0285. The zero-order valence-electron chi connectivity index (χ0n) is 18.9. The van der Waals surface area contributed by atoms with Crippen LogP contribution in [0.2, 0.25) is 0 Å². The molecule has 1 atom stereocenters. The van der Waals surface area contributed by atoms with Crippen molar-refractivity contribution in [2.45, 2.75) is 19.4 Å². The molecule has 0 aromatic carbocycles. The lowest BCUT2D eigenvalue weighted by Crippen LogP contribution is -2.61. The van der Waals surface area contributed by atoms with E-state index in [-0.39, 0.29) is 24.0 Å². The summed E-state index contributed by atoms with van der Waals surface area (Å²) in [6.45, 7) is 5.44. The summed E-state index contributed by atoms with van der Waals surface area (Å²) in [7, 11) is 1.55. The molecule has 14 heteroatoms. The molecule has 0 amide bonds. The number of alkyl halides is 3. The highest BCUT2D eigenvalue weighted by molar-refractivity contribution is 5.80. The van der Waals surface area contributed by atoms with E-state index in [1.807, 2.05) is 9.80 Å². The highest BCUT2D eigenvalue weighted by Crippen LogP contribution is 2.39. The molecule has 1 aromatic rings. The normalized spacial score (nSPS) is 21.2. The second-order valence-corrected chi connectivity index (χ2v) is 7.94. The van der Waals surface area contributed by atoms with Gasteiger partial charge in [-0.15, -0.1) is 11.0 Å². The molecule has 0 saturated carbocycles. The number of rotatable bonds is 4. The number of carbonyl (C=O) groups is 1. The number of carbonyl (C=O) groups excluding carboxylic acids is 1. The van der Waals surface area contributed by atoms with Gasteiger partial charge in [-0.2, -0.15) is 18.2 Å². The standard InChI is InChI=1S/C20H26F3N7O4/c1-3-4-7-29-14-15(25-18(26(2)16(14)31)27-10-12-33-13-11-27)30(34-17(32)20(21,22)23)19(29)28-8-5-24-6-9-28/h19,24H,5-13H2,1-2H3. The van der Waals surface area contributed by atoms with Crippen LogP contribution in [-0.2, 0) is 21.4 Å². The summed E-state index contributed by atoms with van der Waals surface area (Å²) >= 11 is 0. The van der Waals surface area contributed by atoms with E-state index in [9.17, 15) is 22.8 Å². The van der Waals surface area contributed by atoms with Crippen LogP contribution < -0.4 is 25.7 Å². The van der Waals surface area contributed by atoms with Gasteiger partial charge in [0.05, 0.1) is 19.8 Å². The monoisotopic (exact) mass is 485 g/mol. The third kappa shape index (κ3) is 4.50. The van der Waals surface area contributed by atoms with Crippen molar-refractivity contribution < 1.29 is 27.5 Å². The van der Waals surface area contributed by atoms with Gasteiger partial charge in [-0.05, 0) is 6.92 Å². The summed E-state index contributed by atoms with van der Waals surface area (Å²) in [6.07, 6.45) is -6.23. The van der Waals surface area contributed by atoms with Crippen molar-refractivity contribution in [1.29, 1.82) is 0 Å². The molecular weight excluding hydrogens is 459 g/mol. The van der Waals surface area contributed by atoms with Crippen LogP contribution in [0.3, 0.4) is 0 Å². The van der Waals surface area contributed by atoms with Crippen LogP contribution in [0.15, 0.2) is 4.79 Å². The summed E-state index contributed by atoms with van der Waals surface area (Å²) in [4.78, 5) is 40.0. The molecule has 0 radical (unpaired) electrons. The molecule has 3 aliphatic rings. The molecule has 0 bridgehead atoms. The van der Waals surface area contributed by atoms with Crippen molar-refractivity contribution in [3.8, 4) is 11.8 Å². The first-order chi connectivity index (χ1) is 16.2. The largest absolute Gasteiger partial charge is 0.493 e. The van der Waals surface area contributed by atoms with E-state index in [4.69, 9.17) is 9.57 Å². The number of ether oxygens (including phenoxy) is 1. The average molecular weight is 485 g/mol. The first-order valence-corrected chi connectivity index (χ1v) is 10.9. The van der Waals surface area contributed by atoms with Crippen molar-refractivity contribution in [3.63, 3.8) is 0 Å².